The van der Waals surface area contributed by atoms with Gasteiger partial charge in [-0.3, -0.25) is 4.79 Å². The summed E-state index contributed by atoms with van der Waals surface area (Å²) in [5, 5.41) is 0. The minimum Gasteiger partial charge on any atom is -0.459 e. The summed E-state index contributed by atoms with van der Waals surface area (Å²) >= 11 is 0. The monoisotopic (exact) mass is 493 g/mol. The number of allylic oxidation sites excluding steroid dienone is 1. The maximum absolute atomic E-state index is 13.4. The van der Waals surface area contributed by atoms with Gasteiger partial charge in [0, 0.05) is 25.4 Å². The van der Waals surface area contributed by atoms with Gasteiger partial charge in [0.15, 0.2) is 5.76 Å². The summed E-state index contributed by atoms with van der Waals surface area (Å²) in [6.07, 6.45) is 7.55. The van der Waals surface area contributed by atoms with Crippen molar-refractivity contribution >= 4 is 5.91 Å². The van der Waals surface area contributed by atoms with E-state index in [4.69, 9.17) is 9.47 Å². The molecule has 3 aromatic rings. The Morgan fingerprint density at radius 3 is 2.49 bits per heavy atom. The largest absolute Gasteiger partial charge is 0.459 e. The molecule has 37 heavy (non-hydrogen) atoms. The van der Waals surface area contributed by atoms with Crippen molar-refractivity contribution in [2.75, 3.05) is 13.1 Å². The molecular weight excluding hydrogens is 458 g/mol. The van der Waals surface area contributed by atoms with Gasteiger partial charge < -0.3 is 14.4 Å². The Hall–Kier alpha value is -3.37. The van der Waals surface area contributed by atoms with E-state index in [0.717, 1.165) is 44.3 Å². The highest BCUT2D eigenvalue weighted by Gasteiger charge is 2.32. The fraction of sp³-hybridized carbons (Fsp3) is 0.364. The van der Waals surface area contributed by atoms with Gasteiger partial charge in [-0.05, 0) is 77.1 Å². The van der Waals surface area contributed by atoms with Crippen LogP contribution in [0.15, 0.2) is 78.6 Å². The molecule has 3 aliphatic rings. The molecular formula is C33H35NO3. The Balaban J connectivity index is 1.24. The number of carbonyl (C=O) groups is 1. The van der Waals surface area contributed by atoms with Crippen LogP contribution in [-0.2, 0) is 33.7 Å². The number of hydrogen-bond acceptors (Lipinski definition) is 3. The molecule has 2 unspecified atom stereocenters. The van der Waals surface area contributed by atoms with Crippen LogP contribution in [0.3, 0.4) is 0 Å². The molecule has 2 heterocycles. The number of likely N-dealkylation sites (tertiary alicyclic amines) is 1. The Labute approximate surface area is 219 Å². The zero-order valence-electron chi connectivity index (χ0n) is 21.6. The second kappa shape index (κ2) is 10.5. The van der Waals surface area contributed by atoms with Crippen molar-refractivity contribution in [3.63, 3.8) is 0 Å². The number of benzene rings is 3. The highest BCUT2D eigenvalue weighted by Crippen LogP contribution is 2.40. The van der Waals surface area contributed by atoms with Crippen LogP contribution in [0.1, 0.15) is 66.3 Å². The third-order valence-corrected chi connectivity index (χ3v) is 8.02. The quantitative estimate of drug-likeness (QED) is 0.298. The van der Waals surface area contributed by atoms with E-state index < -0.39 is 6.29 Å². The van der Waals surface area contributed by atoms with Gasteiger partial charge in [0.2, 0.25) is 6.29 Å². The number of piperidine rings is 1. The summed E-state index contributed by atoms with van der Waals surface area (Å²) in [7, 11) is 0. The number of rotatable bonds is 6. The van der Waals surface area contributed by atoms with Gasteiger partial charge in [0.1, 0.15) is 0 Å². The molecule has 3 aromatic carbocycles. The van der Waals surface area contributed by atoms with Crippen molar-refractivity contribution in [1.82, 2.24) is 4.90 Å². The lowest BCUT2D eigenvalue weighted by Crippen LogP contribution is -2.39. The molecule has 0 N–H and O–H groups in total. The number of nitrogens with zero attached hydrogens (tertiary/aromatic N) is 1. The second-order valence-corrected chi connectivity index (χ2v) is 10.5. The first kappa shape index (κ1) is 24.0. The topological polar surface area (TPSA) is 38.8 Å². The highest BCUT2D eigenvalue weighted by molar-refractivity contribution is 5.92. The third-order valence-electron chi connectivity index (χ3n) is 8.02. The van der Waals surface area contributed by atoms with Gasteiger partial charge in [0.05, 0.1) is 6.61 Å². The molecule has 4 nitrogen and oxygen atoms in total. The summed E-state index contributed by atoms with van der Waals surface area (Å²) in [5.41, 5.74) is 9.05. The molecule has 6 rings (SSSR count). The number of aryl methyl sites for hydroxylation is 1. The SMILES string of the molecule is CCc1ccc(COC2CC(c3ccc4c(c3)Cc3ccccc3-4)C=C(C(=O)N3CCCCC3)O2)cc1. The molecule has 0 aromatic heterocycles. The second-order valence-electron chi connectivity index (χ2n) is 10.5. The van der Waals surface area contributed by atoms with Crippen LogP contribution in [0.5, 0.6) is 0 Å². The minimum absolute atomic E-state index is 0.00105. The molecule has 190 valence electrons. The van der Waals surface area contributed by atoms with Crippen LogP contribution in [0.25, 0.3) is 11.1 Å². The van der Waals surface area contributed by atoms with E-state index in [1.807, 2.05) is 11.0 Å². The predicted octanol–water partition coefficient (Wildman–Crippen LogP) is 6.76. The van der Waals surface area contributed by atoms with Gasteiger partial charge >= 0.3 is 0 Å². The summed E-state index contributed by atoms with van der Waals surface area (Å²) in [6.45, 7) is 4.23. The predicted molar refractivity (Wildman–Crippen MR) is 146 cm³/mol. The minimum atomic E-state index is -0.463. The van der Waals surface area contributed by atoms with Crippen molar-refractivity contribution in [3.05, 3.63) is 106 Å². The lowest BCUT2D eigenvalue weighted by molar-refractivity contribution is -0.156. The molecule has 0 bridgehead atoms. The number of fused-ring (bicyclic) bond motifs is 3. The molecule has 1 saturated heterocycles. The van der Waals surface area contributed by atoms with Crippen molar-refractivity contribution in [3.8, 4) is 11.1 Å². The average molecular weight is 494 g/mol. The summed E-state index contributed by atoms with van der Waals surface area (Å²) in [6, 6.07) is 24.0. The normalized spacial score (nSPS) is 20.6. The van der Waals surface area contributed by atoms with E-state index in [-0.39, 0.29) is 11.8 Å². The summed E-state index contributed by atoms with van der Waals surface area (Å²) < 4.78 is 12.5. The maximum atomic E-state index is 13.4. The van der Waals surface area contributed by atoms with Crippen LogP contribution >= 0.6 is 0 Å². The third kappa shape index (κ3) is 5.08. The van der Waals surface area contributed by atoms with Gasteiger partial charge in [-0.1, -0.05) is 73.7 Å². The molecule has 2 atom stereocenters. The Morgan fingerprint density at radius 1 is 0.919 bits per heavy atom. The van der Waals surface area contributed by atoms with E-state index in [0.29, 0.717) is 18.8 Å². The first-order chi connectivity index (χ1) is 18.2. The fourth-order valence-electron chi connectivity index (χ4n) is 5.85. The van der Waals surface area contributed by atoms with Gasteiger partial charge in [-0.25, -0.2) is 0 Å². The standard InChI is InChI=1S/C33H35NO3/c1-2-23-10-12-24(13-11-23)22-36-32-21-27(20-31(37-32)33(35)34-16-6-3-7-17-34)25-14-15-30-28(18-25)19-26-8-4-5-9-29(26)30/h4-5,8-15,18,20,27,32H,2-3,6-7,16-17,19,21-22H2,1H3. The smallest absolute Gasteiger partial charge is 0.288 e. The molecule has 1 amide bonds. The van der Waals surface area contributed by atoms with E-state index in [1.165, 1.54) is 39.8 Å². The zero-order chi connectivity index (χ0) is 25.2. The molecule has 0 saturated carbocycles. The van der Waals surface area contributed by atoms with Gasteiger partial charge in [0.25, 0.3) is 5.91 Å². The van der Waals surface area contributed by atoms with Crippen LogP contribution in [0, 0.1) is 0 Å². The Morgan fingerprint density at radius 2 is 1.68 bits per heavy atom. The fourth-order valence-corrected chi connectivity index (χ4v) is 5.85. The lowest BCUT2D eigenvalue weighted by Gasteiger charge is -2.33. The van der Waals surface area contributed by atoms with Crippen LogP contribution in [0.4, 0.5) is 0 Å². The molecule has 1 aliphatic carbocycles. The molecule has 4 heteroatoms. The average Bonchev–Trinajstić information content (AvgIpc) is 3.34. The first-order valence-electron chi connectivity index (χ1n) is 13.8. The number of carbonyl (C=O) groups excluding carboxylic acids is 1. The molecule has 1 fully saturated rings. The number of ether oxygens (including phenoxy) is 2. The summed E-state index contributed by atoms with van der Waals surface area (Å²) in [4.78, 5) is 15.4. The summed E-state index contributed by atoms with van der Waals surface area (Å²) in [5.74, 6) is 0.506. The van der Waals surface area contributed by atoms with Crippen LogP contribution in [0.2, 0.25) is 0 Å². The molecule has 2 aliphatic heterocycles. The van der Waals surface area contributed by atoms with Crippen molar-refractivity contribution in [1.29, 1.82) is 0 Å². The van der Waals surface area contributed by atoms with Crippen molar-refractivity contribution in [2.45, 2.75) is 64.3 Å². The van der Waals surface area contributed by atoms with Gasteiger partial charge in [-0.2, -0.15) is 0 Å². The molecule has 0 radical (unpaired) electrons. The van der Waals surface area contributed by atoms with Crippen LogP contribution < -0.4 is 0 Å². The first-order valence-corrected chi connectivity index (χ1v) is 13.8. The number of amides is 1. The van der Waals surface area contributed by atoms with E-state index >= 15 is 0 Å². The van der Waals surface area contributed by atoms with E-state index in [2.05, 4.69) is 73.7 Å². The van der Waals surface area contributed by atoms with Gasteiger partial charge in [-0.15, -0.1) is 0 Å². The van der Waals surface area contributed by atoms with Crippen LogP contribution in [-0.4, -0.2) is 30.2 Å². The maximum Gasteiger partial charge on any atom is 0.288 e. The zero-order valence-corrected chi connectivity index (χ0v) is 21.6. The van der Waals surface area contributed by atoms with E-state index in [9.17, 15) is 4.79 Å². The Kier molecular flexibility index (Phi) is 6.84. The van der Waals surface area contributed by atoms with Crippen molar-refractivity contribution in [2.24, 2.45) is 0 Å². The molecule has 0 spiro atoms. The number of hydrogen-bond donors (Lipinski definition) is 0. The Bertz CT molecular complexity index is 1300. The van der Waals surface area contributed by atoms with E-state index in [1.54, 1.807) is 0 Å². The van der Waals surface area contributed by atoms with Crippen molar-refractivity contribution < 1.29 is 14.3 Å². The lowest BCUT2D eigenvalue weighted by atomic mass is 9.90. The highest BCUT2D eigenvalue weighted by atomic mass is 16.7.